The minimum absolute atomic E-state index is 0.101. The SMILES string of the molecule is C/C(N)=C/NCc1ccc([N+](=O)[O-])cc1. The minimum Gasteiger partial charge on any atom is -0.401 e. The predicted molar refractivity (Wildman–Crippen MR) is 57.9 cm³/mol. The topological polar surface area (TPSA) is 81.2 Å². The third-order valence-electron chi connectivity index (χ3n) is 1.78. The molecule has 0 radical (unpaired) electrons. The molecule has 0 heterocycles. The Bertz CT molecular complexity index is 367. The van der Waals surface area contributed by atoms with Crippen molar-refractivity contribution in [3.63, 3.8) is 0 Å². The van der Waals surface area contributed by atoms with Gasteiger partial charge in [0.05, 0.1) is 4.92 Å². The van der Waals surface area contributed by atoms with Gasteiger partial charge in [0.15, 0.2) is 0 Å². The maximum Gasteiger partial charge on any atom is 0.269 e. The van der Waals surface area contributed by atoms with Crippen molar-refractivity contribution in [3.8, 4) is 0 Å². The number of nitro groups is 1. The van der Waals surface area contributed by atoms with Gasteiger partial charge in [-0.1, -0.05) is 12.1 Å². The molecule has 0 bridgehead atoms. The summed E-state index contributed by atoms with van der Waals surface area (Å²) in [6, 6.07) is 6.39. The van der Waals surface area contributed by atoms with Gasteiger partial charge in [-0.2, -0.15) is 0 Å². The maximum atomic E-state index is 10.4. The van der Waals surface area contributed by atoms with Crippen molar-refractivity contribution in [2.24, 2.45) is 5.73 Å². The van der Waals surface area contributed by atoms with Gasteiger partial charge >= 0.3 is 0 Å². The van der Waals surface area contributed by atoms with Gasteiger partial charge in [0, 0.05) is 30.6 Å². The number of hydrogen-bond acceptors (Lipinski definition) is 4. The fourth-order valence-electron chi connectivity index (χ4n) is 1.07. The largest absolute Gasteiger partial charge is 0.401 e. The highest BCUT2D eigenvalue weighted by molar-refractivity contribution is 5.32. The molecule has 5 nitrogen and oxygen atoms in total. The zero-order chi connectivity index (χ0) is 11.3. The fraction of sp³-hybridized carbons (Fsp3) is 0.200. The first-order chi connectivity index (χ1) is 7.09. The standard InChI is InChI=1S/C10H13N3O2/c1-8(11)6-12-7-9-2-4-10(5-3-9)13(14)15/h2-6,12H,7,11H2,1H3/b8-6-. The molecular weight excluding hydrogens is 194 g/mol. The number of non-ortho nitro benzene ring substituents is 1. The molecule has 0 unspecified atom stereocenters. The number of rotatable bonds is 4. The summed E-state index contributed by atoms with van der Waals surface area (Å²) in [5, 5.41) is 13.4. The van der Waals surface area contributed by atoms with Crippen LogP contribution in [0.3, 0.4) is 0 Å². The van der Waals surface area contributed by atoms with Crippen molar-refractivity contribution >= 4 is 5.69 Å². The number of benzene rings is 1. The summed E-state index contributed by atoms with van der Waals surface area (Å²) in [4.78, 5) is 9.96. The van der Waals surface area contributed by atoms with Gasteiger partial charge in [-0.15, -0.1) is 0 Å². The molecule has 1 rings (SSSR count). The molecule has 15 heavy (non-hydrogen) atoms. The predicted octanol–water partition coefficient (Wildman–Crippen LogP) is 1.50. The van der Waals surface area contributed by atoms with E-state index < -0.39 is 4.92 Å². The van der Waals surface area contributed by atoms with E-state index in [-0.39, 0.29) is 5.69 Å². The summed E-state index contributed by atoms with van der Waals surface area (Å²) in [6.45, 7) is 2.38. The van der Waals surface area contributed by atoms with Crippen LogP contribution in [0.1, 0.15) is 12.5 Å². The molecule has 80 valence electrons. The van der Waals surface area contributed by atoms with Crippen LogP contribution in [0.25, 0.3) is 0 Å². The van der Waals surface area contributed by atoms with Crippen LogP contribution in [0.15, 0.2) is 36.2 Å². The summed E-state index contributed by atoms with van der Waals surface area (Å²) in [7, 11) is 0. The highest BCUT2D eigenvalue weighted by atomic mass is 16.6. The highest BCUT2D eigenvalue weighted by Gasteiger charge is 2.02. The van der Waals surface area contributed by atoms with Crippen molar-refractivity contribution in [2.45, 2.75) is 13.5 Å². The molecule has 0 aliphatic carbocycles. The Morgan fingerprint density at radius 1 is 1.53 bits per heavy atom. The van der Waals surface area contributed by atoms with Gasteiger partial charge < -0.3 is 11.1 Å². The van der Waals surface area contributed by atoms with Crippen LogP contribution in [0.2, 0.25) is 0 Å². The van der Waals surface area contributed by atoms with Crippen LogP contribution in [-0.4, -0.2) is 4.92 Å². The van der Waals surface area contributed by atoms with Crippen LogP contribution in [0.4, 0.5) is 5.69 Å². The average molecular weight is 207 g/mol. The van der Waals surface area contributed by atoms with E-state index in [1.165, 1.54) is 12.1 Å². The first kappa shape index (κ1) is 11.0. The molecule has 0 fully saturated rings. The number of allylic oxidation sites excluding steroid dienone is 1. The van der Waals surface area contributed by atoms with Gasteiger partial charge in [-0.05, 0) is 12.5 Å². The molecule has 1 aromatic carbocycles. The van der Waals surface area contributed by atoms with Crippen LogP contribution in [0, 0.1) is 10.1 Å². The maximum absolute atomic E-state index is 10.4. The first-order valence-corrected chi connectivity index (χ1v) is 4.48. The zero-order valence-corrected chi connectivity index (χ0v) is 8.43. The Labute approximate surface area is 87.7 Å². The Morgan fingerprint density at radius 2 is 2.13 bits per heavy atom. The molecule has 5 heteroatoms. The number of hydrogen-bond donors (Lipinski definition) is 2. The van der Waals surface area contributed by atoms with Crippen molar-refractivity contribution in [3.05, 3.63) is 51.8 Å². The summed E-state index contributed by atoms with van der Waals surface area (Å²) >= 11 is 0. The van der Waals surface area contributed by atoms with Crippen molar-refractivity contribution < 1.29 is 4.92 Å². The molecule has 1 aromatic rings. The molecule has 0 saturated carbocycles. The van der Waals surface area contributed by atoms with Gasteiger partial charge in [0.2, 0.25) is 0 Å². The number of nitro benzene ring substituents is 1. The fourth-order valence-corrected chi connectivity index (χ4v) is 1.07. The quantitative estimate of drug-likeness (QED) is 0.579. The molecule has 0 saturated heterocycles. The summed E-state index contributed by atoms with van der Waals surface area (Å²) in [5.41, 5.74) is 7.19. The number of nitrogens with zero attached hydrogens (tertiary/aromatic N) is 1. The minimum atomic E-state index is -0.416. The van der Waals surface area contributed by atoms with E-state index >= 15 is 0 Å². The second kappa shape index (κ2) is 4.99. The van der Waals surface area contributed by atoms with E-state index in [1.807, 2.05) is 0 Å². The van der Waals surface area contributed by atoms with Crippen LogP contribution in [0.5, 0.6) is 0 Å². The summed E-state index contributed by atoms with van der Waals surface area (Å²) < 4.78 is 0. The second-order valence-electron chi connectivity index (χ2n) is 3.19. The lowest BCUT2D eigenvalue weighted by Crippen LogP contribution is -2.07. The highest BCUT2D eigenvalue weighted by Crippen LogP contribution is 2.11. The van der Waals surface area contributed by atoms with Gasteiger partial charge in [-0.3, -0.25) is 10.1 Å². The van der Waals surface area contributed by atoms with Crippen molar-refractivity contribution in [1.29, 1.82) is 0 Å². The first-order valence-electron chi connectivity index (χ1n) is 4.48. The second-order valence-corrected chi connectivity index (χ2v) is 3.19. The van der Waals surface area contributed by atoms with E-state index in [9.17, 15) is 10.1 Å². The van der Waals surface area contributed by atoms with Gasteiger partial charge in [-0.25, -0.2) is 0 Å². The number of nitrogens with one attached hydrogen (secondary N) is 1. The summed E-state index contributed by atoms with van der Waals surface area (Å²) in [6.07, 6.45) is 1.70. The van der Waals surface area contributed by atoms with Crippen LogP contribution >= 0.6 is 0 Å². The zero-order valence-electron chi connectivity index (χ0n) is 8.43. The Morgan fingerprint density at radius 3 is 2.60 bits per heavy atom. The van der Waals surface area contributed by atoms with E-state index in [0.29, 0.717) is 12.2 Å². The third-order valence-corrected chi connectivity index (χ3v) is 1.78. The van der Waals surface area contributed by atoms with Gasteiger partial charge in [0.25, 0.3) is 5.69 Å². The van der Waals surface area contributed by atoms with E-state index in [4.69, 9.17) is 5.73 Å². The normalized spacial score (nSPS) is 11.1. The van der Waals surface area contributed by atoms with E-state index in [2.05, 4.69) is 5.32 Å². The molecule has 3 N–H and O–H groups in total. The molecule has 0 spiro atoms. The van der Waals surface area contributed by atoms with Crippen LogP contribution < -0.4 is 11.1 Å². The Balaban J connectivity index is 2.57. The van der Waals surface area contributed by atoms with E-state index in [1.54, 1.807) is 25.3 Å². The Kier molecular flexibility index (Phi) is 3.68. The molecular formula is C10H13N3O2. The van der Waals surface area contributed by atoms with Crippen molar-refractivity contribution in [1.82, 2.24) is 5.32 Å². The monoisotopic (exact) mass is 207 g/mol. The van der Waals surface area contributed by atoms with Gasteiger partial charge in [0.1, 0.15) is 0 Å². The summed E-state index contributed by atoms with van der Waals surface area (Å²) in [5.74, 6) is 0. The number of nitrogens with two attached hydrogens (primary N) is 1. The molecule has 0 aliphatic rings. The Hall–Kier alpha value is -2.04. The van der Waals surface area contributed by atoms with E-state index in [0.717, 1.165) is 5.56 Å². The molecule has 0 atom stereocenters. The lowest BCUT2D eigenvalue weighted by molar-refractivity contribution is -0.384. The average Bonchev–Trinajstić information content (AvgIpc) is 2.18. The van der Waals surface area contributed by atoms with Crippen LogP contribution in [-0.2, 0) is 6.54 Å². The molecule has 0 amide bonds. The van der Waals surface area contributed by atoms with Crippen molar-refractivity contribution in [2.75, 3.05) is 0 Å². The third kappa shape index (κ3) is 3.68. The lowest BCUT2D eigenvalue weighted by Gasteiger charge is -2.01. The molecule has 0 aromatic heterocycles. The smallest absolute Gasteiger partial charge is 0.269 e. The lowest BCUT2D eigenvalue weighted by atomic mass is 10.2. The molecule has 0 aliphatic heterocycles.